The fourth-order valence-electron chi connectivity index (χ4n) is 0.578. The van der Waals surface area contributed by atoms with Crippen LogP contribution in [0.2, 0.25) is 0 Å². The van der Waals surface area contributed by atoms with Crippen molar-refractivity contribution in [3.8, 4) is 0 Å². The molecule has 1 N–H and O–H groups in total. The Labute approximate surface area is 50.5 Å². The van der Waals surface area contributed by atoms with Crippen molar-refractivity contribution in [1.82, 2.24) is 14.3 Å². The van der Waals surface area contributed by atoms with E-state index in [4.69, 9.17) is 0 Å². The van der Waals surface area contributed by atoms with Gasteiger partial charge in [-0.15, -0.1) is 0 Å². The molecule has 5 heteroatoms. The van der Waals surface area contributed by atoms with Gasteiger partial charge in [-0.25, -0.2) is 23.9 Å². The van der Waals surface area contributed by atoms with E-state index in [1.54, 1.807) is 0 Å². The molecule has 9 heavy (non-hydrogen) atoms. The lowest BCUT2D eigenvalue weighted by atomic mass is 11.0. The molecule has 50 valence electrons. The lowest BCUT2D eigenvalue weighted by molar-refractivity contribution is 0.713. The minimum atomic E-state index is -0.387. The molecule has 0 aliphatic rings. The number of aromatic nitrogens is 3. The standard InChI is InChI=1S/C4H7N3O2/c1-6-3(8)5-7(2)4(6)9/h1-2H3,(H,5,8). The summed E-state index contributed by atoms with van der Waals surface area (Å²) < 4.78 is 2.13. The Balaban J connectivity index is 3.68. The number of nitrogens with one attached hydrogen (secondary N) is 1. The van der Waals surface area contributed by atoms with Gasteiger partial charge in [-0.2, -0.15) is 0 Å². The van der Waals surface area contributed by atoms with E-state index in [1.165, 1.54) is 14.1 Å². The van der Waals surface area contributed by atoms with E-state index < -0.39 is 0 Å². The first-order valence-electron chi connectivity index (χ1n) is 2.45. The number of hydrogen-bond acceptors (Lipinski definition) is 2. The minimum Gasteiger partial charge on any atom is -0.246 e. The second kappa shape index (κ2) is 1.61. The van der Waals surface area contributed by atoms with Gasteiger partial charge < -0.3 is 0 Å². The Morgan fingerprint density at radius 1 is 1.33 bits per heavy atom. The Hall–Kier alpha value is -1.26. The number of hydrogen-bond donors (Lipinski definition) is 1. The van der Waals surface area contributed by atoms with Crippen LogP contribution in [-0.4, -0.2) is 14.3 Å². The summed E-state index contributed by atoms with van der Waals surface area (Å²) in [7, 11) is 2.91. The molecule has 0 fully saturated rings. The van der Waals surface area contributed by atoms with E-state index in [2.05, 4.69) is 5.10 Å². The zero-order chi connectivity index (χ0) is 7.02. The van der Waals surface area contributed by atoms with Crippen LogP contribution < -0.4 is 11.4 Å². The van der Waals surface area contributed by atoms with Gasteiger partial charge in [0.2, 0.25) is 0 Å². The molecule has 1 heterocycles. The van der Waals surface area contributed by atoms with E-state index in [0.29, 0.717) is 0 Å². The predicted octanol–water partition coefficient (Wildman–Crippen LogP) is -1.59. The summed E-state index contributed by atoms with van der Waals surface area (Å²) >= 11 is 0. The summed E-state index contributed by atoms with van der Waals surface area (Å²) in [6, 6.07) is 0. The van der Waals surface area contributed by atoms with Gasteiger partial charge >= 0.3 is 11.4 Å². The number of aryl methyl sites for hydroxylation is 1. The molecule has 0 aromatic carbocycles. The average molecular weight is 129 g/mol. The third-order valence-corrected chi connectivity index (χ3v) is 1.14. The van der Waals surface area contributed by atoms with Crippen LogP contribution in [0.3, 0.4) is 0 Å². The van der Waals surface area contributed by atoms with E-state index in [9.17, 15) is 9.59 Å². The van der Waals surface area contributed by atoms with E-state index in [-0.39, 0.29) is 11.4 Å². The largest absolute Gasteiger partial charge is 0.346 e. The molecule has 5 nitrogen and oxygen atoms in total. The number of nitrogens with zero attached hydrogens (tertiary/aromatic N) is 2. The third kappa shape index (κ3) is 0.697. The predicted molar refractivity (Wildman–Crippen MR) is 31.3 cm³/mol. The molecule has 1 aromatic rings. The SMILES string of the molecule is Cn1[nH]c(=O)n(C)c1=O. The maximum atomic E-state index is 10.7. The van der Waals surface area contributed by atoms with Crippen LogP contribution in [0.4, 0.5) is 0 Å². The van der Waals surface area contributed by atoms with Crippen LogP contribution in [0.5, 0.6) is 0 Å². The highest BCUT2D eigenvalue weighted by Crippen LogP contribution is 1.55. The van der Waals surface area contributed by atoms with Crippen LogP contribution in [0, 0.1) is 0 Å². The van der Waals surface area contributed by atoms with Gasteiger partial charge in [-0.05, 0) is 0 Å². The molecule has 0 atom stereocenters. The Bertz CT molecular complexity index is 315. The van der Waals surface area contributed by atoms with Crippen molar-refractivity contribution >= 4 is 0 Å². The quantitative estimate of drug-likeness (QED) is 0.459. The summed E-state index contributed by atoms with van der Waals surface area (Å²) in [5.74, 6) is 0. The number of H-pyrrole nitrogens is 1. The lowest BCUT2D eigenvalue weighted by Gasteiger charge is -1.80. The van der Waals surface area contributed by atoms with Crippen molar-refractivity contribution in [2.45, 2.75) is 0 Å². The Morgan fingerprint density at radius 2 is 1.89 bits per heavy atom. The van der Waals surface area contributed by atoms with Crippen LogP contribution in [-0.2, 0) is 14.1 Å². The molecular weight excluding hydrogens is 122 g/mol. The molecule has 0 bridgehead atoms. The number of aromatic amines is 1. The van der Waals surface area contributed by atoms with Gasteiger partial charge in [0, 0.05) is 14.1 Å². The summed E-state index contributed by atoms with van der Waals surface area (Å²) in [5.41, 5.74) is -0.720. The zero-order valence-electron chi connectivity index (χ0n) is 5.21. The van der Waals surface area contributed by atoms with E-state index >= 15 is 0 Å². The van der Waals surface area contributed by atoms with Crippen LogP contribution >= 0.6 is 0 Å². The molecule has 0 saturated carbocycles. The minimum absolute atomic E-state index is 0.333. The summed E-state index contributed by atoms with van der Waals surface area (Å²) in [5, 5.41) is 2.29. The normalized spacial score (nSPS) is 10.0. The van der Waals surface area contributed by atoms with Gasteiger partial charge in [0.15, 0.2) is 0 Å². The molecule has 0 aliphatic carbocycles. The zero-order valence-corrected chi connectivity index (χ0v) is 5.21. The van der Waals surface area contributed by atoms with Gasteiger partial charge in [0.1, 0.15) is 0 Å². The van der Waals surface area contributed by atoms with Crippen molar-refractivity contribution in [2.24, 2.45) is 14.1 Å². The highest BCUT2D eigenvalue weighted by Gasteiger charge is 1.97. The van der Waals surface area contributed by atoms with E-state index in [1.807, 2.05) is 0 Å². The third-order valence-electron chi connectivity index (χ3n) is 1.14. The van der Waals surface area contributed by atoms with Crippen molar-refractivity contribution < 1.29 is 0 Å². The summed E-state index contributed by atoms with van der Waals surface area (Å²) in [6.07, 6.45) is 0. The molecule has 0 spiro atoms. The highest BCUT2D eigenvalue weighted by atomic mass is 16.2. The molecular formula is C4H7N3O2. The first-order valence-corrected chi connectivity index (χ1v) is 2.45. The second-order valence-corrected chi connectivity index (χ2v) is 1.82. The molecule has 1 aromatic heterocycles. The molecule has 1 rings (SSSR count). The monoisotopic (exact) mass is 129 g/mol. The van der Waals surface area contributed by atoms with Crippen LogP contribution in [0.1, 0.15) is 0 Å². The Kier molecular flexibility index (Phi) is 1.05. The topological polar surface area (TPSA) is 59.8 Å². The smallest absolute Gasteiger partial charge is 0.246 e. The Morgan fingerprint density at radius 3 is 2.00 bits per heavy atom. The molecule has 0 aliphatic heterocycles. The van der Waals surface area contributed by atoms with Crippen molar-refractivity contribution in [2.75, 3.05) is 0 Å². The molecule has 0 unspecified atom stereocenters. The first kappa shape index (κ1) is 5.87. The molecule has 0 saturated heterocycles. The highest BCUT2D eigenvalue weighted by molar-refractivity contribution is 4.64. The van der Waals surface area contributed by atoms with Crippen molar-refractivity contribution in [1.29, 1.82) is 0 Å². The lowest BCUT2D eigenvalue weighted by Crippen LogP contribution is -2.24. The van der Waals surface area contributed by atoms with Gasteiger partial charge in [-0.3, -0.25) is 0 Å². The van der Waals surface area contributed by atoms with Gasteiger partial charge in [0.25, 0.3) is 0 Å². The maximum absolute atomic E-state index is 10.7. The molecule has 0 radical (unpaired) electrons. The number of rotatable bonds is 0. The summed E-state index contributed by atoms with van der Waals surface area (Å²) in [4.78, 5) is 21.2. The molecule has 0 amide bonds. The first-order chi connectivity index (χ1) is 4.13. The summed E-state index contributed by atoms with van der Waals surface area (Å²) in [6.45, 7) is 0. The fraction of sp³-hybridized carbons (Fsp3) is 0.500. The maximum Gasteiger partial charge on any atom is 0.346 e. The van der Waals surface area contributed by atoms with Crippen LogP contribution in [0.15, 0.2) is 9.59 Å². The second-order valence-electron chi connectivity index (χ2n) is 1.82. The van der Waals surface area contributed by atoms with Gasteiger partial charge in [-0.1, -0.05) is 0 Å². The van der Waals surface area contributed by atoms with Crippen molar-refractivity contribution in [3.63, 3.8) is 0 Å². The average Bonchev–Trinajstić information content (AvgIpc) is 1.98. The fourth-order valence-corrected chi connectivity index (χ4v) is 0.578. The van der Waals surface area contributed by atoms with Gasteiger partial charge in [0.05, 0.1) is 0 Å². The van der Waals surface area contributed by atoms with Crippen LogP contribution in [0.25, 0.3) is 0 Å². The van der Waals surface area contributed by atoms with Crippen molar-refractivity contribution in [3.05, 3.63) is 21.0 Å². The van der Waals surface area contributed by atoms with E-state index in [0.717, 1.165) is 9.25 Å².